The van der Waals surface area contributed by atoms with Crippen molar-refractivity contribution in [1.29, 1.82) is 0 Å². The highest BCUT2D eigenvalue weighted by Gasteiger charge is 2.34. The van der Waals surface area contributed by atoms with Crippen molar-refractivity contribution in [3.8, 4) is 0 Å². The molecule has 0 spiro atoms. The standard InChI is InChI=1S/C27H30N4O3/c1-18-11-6-7-12-21(18)17-31-20(3)25(19(2)29-31)28-24(32)15-5-4-10-16-30-26(33)22-13-8-9-14-23(22)27(30)34/h6-9,11-14H,4-5,10,15-17H2,1-3H3,(H,28,32). The van der Waals surface area contributed by atoms with Crippen LogP contribution in [-0.4, -0.2) is 38.9 Å². The molecule has 0 unspecified atom stereocenters. The van der Waals surface area contributed by atoms with Crippen LogP contribution >= 0.6 is 0 Å². The zero-order chi connectivity index (χ0) is 24.2. The van der Waals surface area contributed by atoms with Gasteiger partial charge in [-0.05, 0) is 56.9 Å². The van der Waals surface area contributed by atoms with Gasteiger partial charge in [0, 0.05) is 13.0 Å². The quantitative estimate of drug-likeness (QED) is 0.374. The van der Waals surface area contributed by atoms with Crippen molar-refractivity contribution in [2.75, 3.05) is 11.9 Å². The van der Waals surface area contributed by atoms with Gasteiger partial charge in [0.05, 0.1) is 34.7 Å². The Balaban J connectivity index is 1.24. The van der Waals surface area contributed by atoms with E-state index in [0.29, 0.717) is 43.5 Å². The molecular formula is C27H30N4O3. The first-order valence-corrected chi connectivity index (χ1v) is 11.7. The minimum atomic E-state index is -0.230. The van der Waals surface area contributed by atoms with Crippen LogP contribution in [0.4, 0.5) is 5.69 Å². The number of rotatable bonds is 9. The summed E-state index contributed by atoms with van der Waals surface area (Å²) in [4.78, 5) is 38.7. The number of anilines is 1. The summed E-state index contributed by atoms with van der Waals surface area (Å²) in [5, 5.41) is 7.63. The predicted molar refractivity (Wildman–Crippen MR) is 131 cm³/mol. The highest BCUT2D eigenvalue weighted by molar-refractivity contribution is 6.21. The molecule has 0 bridgehead atoms. The minimum Gasteiger partial charge on any atom is -0.323 e. The van der Waals surface area contributed by atoms with Gasteiger partial charge in [0.25, 0.3) is 11.8 Å². The lowest BCUT2D eigenvalue weighted by atomic mass is 10.1. The van der Waals surface area contributed by atoms with Gasteiger partial charge in [0.2, 0.25) is 5.91 Å². The maximum absolute atomic E-state index is 12.5. The SMILES string of the molecule is Cc1ccccc1Cn1nc(C)c(NC(=O)CCCCCN2C(=O)c3ccccc3C2=O)c1C. The number of hydrogen-bond donors (Lipinski definition) is 1. The second-order valence-electron chi connectivity index (χ2n) is 8.80. The lowest BCUT2D eigenvalue weighted by Crippen LogP contribution is -2.30. The molecule has 2 aromatic carbocycles. The average Bonchev–Trinajstić information content (AvgIpc) is 3.22. The van der Waals surface area contributed by atoms with Gasteiger partial charge in [-0.15, -0.1) is 0 Å². The Morgan fingerprint density at radius 1 is 0.882 bits per heavy atom. The number of aryl methyl sites for hydroxylation is 2. The Labute approximate surface area is 199 Å². The first-order chi connectivity index (χ1) is 16.4. The zero-order valence-electron chi connectivity index (χ0n) is 19.9. The number of unbranched alkanes of at least 4 members (excludes halogenated alkanes) is 2. The van der Waals surface area contributed by atoms with Crippen molar-refractivity contribution in [2.45, 2.75) is 53.0 Å². The third kappa shape index (κ3) is 4.78. The molecule has 34 heavy (non-hydrogen) atoms. The fourth-order valence-corrected chi connectivity index (χ4v) is 4.36. The van der Waals surface area contributed by atoms with E-state index in [4.69, 9.17) is 0 Å². The Morgan fingerprint density at radius 3 is 2.21 bits per heavy atom. The summed E-state index contributed by atoms with van der Waals surface area (Å²) in [6.07, 6.45) is 2.49. The van der Waals surface area contributed by atoms with Gasteiger partial charge in [-0.1, -0.05) is 42.8 Å². The summed E-state index contributed by atoms with van der Waals surface area (Å²) in [6, 6.07) is 15.1. The number of benzene rings is 2. The molecule has 1 N–H and O–H groups in total. The van der Waals surface area contributed by atoms with Gasteiger partial charge in [0.15, 0.2) is 0 Å². The highest BCUT2D eigenvalue weighted by atomic mass is 16.2. The van der Waals surface area contributed by atoms with Crippen molar-refractivity contribution >= 4 is 23.4 Å². The van der Waals surface area contributed by atoms with Crippen LogP contribution in [0.3, 0.4) is 0 Å². The summed E-state index contributed by atoms with van der Waals surface area (Å²) in [7, 11) is 0. The van der Waals surface area contributed by atoms with Crippen molar-refractivity contribution < 1.29 is 14.4 Å². The molecule has 0 aliphatic carbocycles. The molecule has 2 heterocycles. The van der Waals surface area contributed by atoms with E-state index < -0.39 is 0 Å². The molecular weight excluding hydrogens is 428 g/mol. The topological polar surface area (TPSA) is 84.3 Å². The van der Waals surface area contributed by atoms with Crippen LogP contribution in [0.2, 0.25) is 0 Å². The number of fused-ring (bicyclic) bond motifs is 1. The molecule has 7 nitrogen and oxygen atoms in total. The summed E-state index contributed by atoms with van der Waals surface area (Å²) in [5.41, 5.74) is 5.85. The summed E-state index contributed by atoms with van der Waals surface area (Å²) in [5.74, 6) is -0.513. The van der Waals surface area contributed by atoms with Gasteiger partial charge in [0.1, 0.15) is 0 Å². The summed E-state index contributed by atoms with van der Waals surface area (Å²) < 4.78 is 1.93. The molecule has 0 fully saturated rings. The van der Waals surface area contributed by atoms with Crippen molar-refractivity contribution in [3.63, 3.8) is 0 Å². The van der Waals surface area contributed by atoms with Crippen LogP contribution < -0.4 is 5.32 Å². The first-order valence-electron chi connectivity index (χ1n) is 11.7. The molecule has 176 valence electrons. The second-order valence-corrected chi connectivity index (χ2v) is 8.80. The lowest BCUT2D eigenvalue weighted by molar-refractivity contribution is -0.116. The van der Waals surface area contributed by atoms with Gasteiger partial charge >= 0.3 is 0 Å². The normalized spacial score (nSPS) is 12.9. The molecule has 1 aliphatic heterocycles. The summed E-state index contributed by atoms with van der Waals surface area (Å²) >= 11 is 0. The molecule has 1 aromatic heterocycles. The summed E-state index contributed by atoms with van der Waals surface area (Å²) in [6.45, 7) is 6.98. The Morgan fingerprint density at radius 2 is 1.53 bits per heavy atom. The molecule has 7 heteroatoms. The third-order valence-corrected chi connectivity index (χ3v) is 6.39. The molecule has 0 saturated heterocycles. The van der Waals surface area contributed by atoms with Gasteiger partial charge in [-0.25, -0.2) is 0 Å². The molecule has 3 aromatic rings. The van der Waals surface area contributed by atoms with Crippen LogP contribution in [0.1, 0.15) is 68.9 Å². The Bertz CT molecular complexity index is 1210. The van der Waals surface area contributed by atoms with E-state index in [0.717, 1.165) is 23.5 Å². The Hall–Kier alpha value is -3.74. The van der Waals surface area contributed by atoms with E-state index in [2.05, 4.69) is 29.5 Å². The van der Waals surface area contributed by atoms with E-state index in [1.807, 2.05) is 30.7 Å². The average molecular weight is 459 g/mol. The maximum atomic E-state index is 12.5. The molecule has 4 rings (SSSR count). The minimum absolute atomic E-state index is 0.0534. The van der Waals surface area contributed by atoms with Gasteiger partial charge in [-0.2, -0.15) is 5.10 Å². The lowest BCUT2D eigenvalue weighted by Gasteiger charge is -2.13. The number of aromatic nitrogens is 2. The number of hydrogen-bond acceptors (Lipinski definition) is 4. The highest BCUT2D eigenvalue weighted by Crippen LogP contribution is 2.24. The fraction of sp³-hybridized carbons (Fsp3) is 0.333. The zero-order valence-corrected chi connectivity index (χ0v) is 19.9. The van der Waals surface area contributed by atoms with E-state index in [1.165, 1.54) is 16.0 Å². The third-order valence-electron chi connectivity index (χ3n) is 6.39. The van der Waals surface area contributed by atoms with E-state index >= 15 is 0 Å². The predicted octanol–water partition coefficient (Wildman–Crippen LogP) is 4.65. The first kappa shape index (κ1) is 23.4. The van der Waals surface area contributed by atoms with Crippen LogP contribution in [0.5, 0.6) is 0 Å². The van der Waals surface area contributed by atoms with Crippen LogP contribution in [0.25, 0.3) is 0 Å². The Kier molecular flexibility index (Phi) is 6.91. The van der Waals surface area contributed by atoms with E-state index in [-0.39, 0.29) is 17.7 Å². The largest absolute Gasteiger partial charge is 0.323 e. The van der Waals surface area contributed by atoms with Gasteiger partial charge in [-0.3, -0.25) is 24.0 Å². The van der Waals surface area contributed by atoms with Gasteiger partial charge < -0.3 is 5.32 Å². The molecule has 3 amide bonds. The fourth-order valence-electron chi connectivity index (χ4n) is 4.36. The molecule has 0 atom stereocenters. The number of carbonyl (C=O) groups is 3. The molecule has 0 radical (unpaired) electrons. The maximum Gasteiger partial charge on any atom is 0.261 e. The van der Waals surface area contributed by atoms with Crippen LogP contribution in [0.15, 0.2) is 48.5 Å². The molecule has 1 aliphatic rings. The number of amides is 3. The van der Waals surface area contributed by atoms with Crippen molar-refractivity contribution in [1.82, 2.24) is 14.7 Å². The second kappa shape index (κ2) is 10.0. The van der Waals surface area contributed by atoms with E-state index in [9.17, 15) is 14.4 Å². The monoisotopic (exact) mass is 458 g/mol. The smallest absolute Gasteiger partial charge is 0.261 e. The van der Waals surface area contributed by atoms with Crippen LogP contribution in [0, 0.1) is 20.8 Å². The van der Waals surface area contributed by atoms with Crippen LogP contribution in [-0.2, 0) is 11.3 Å². The number of nitrogens with one attached hydrogen (secondary N) is 1. The number of carbonyl (C=O) groups excluding carboxylic acids is 3. The van der Waals surface area contributed by atoms with Crippen molar-refractivity contribution in [2.24, 2.45) is 0 Å². The number of nitrogens with zero attached hydrogens (tertiary/aromatic N) is 3. The number of imide groups is 1. The molecule has 0 saturated carbocycles. The van der Waals surface area contributed by atoms with Crippen molar-refractivity contribution in [3.05, 3.63) is 82.2 Å². The van der Waals surface area contributed by atoms with E-state index in [1.54, 1.807) is 24.3 Å².